The zero-order chi connectivity index (χ0) is 12.0. The molecule has 0 saturated heterocycles. The number of rotatable bonds is 6. The number of aromatic hydroxyl groups is 1. The van der Waals surface area contributed by atoms with Gasteiger partial charge in [-0.25, -0.2) is 0 Å². The quantitative estimate of drug-likeness (QED) is 0.727. The van der Waals surface area contributed by atoms with Crippen molar-refractivity contribution in [2.75, 3.05) is 6.61 Å². The maximum atomic E-state index is 10.5. The van der Waals surface area contributed by atoms with Crippen molar-refractivity contribution < 1.29 is 19.7 Å². The van der Waals surface area contributed by atoms with Crippen LogP contribution in [0.4, 0.5) is 0 Å². The van der Waals surface area contributed by atoms with Gasteiger partial charge in [0.2, 0.25) is 0 Å². The number of aliphatic carboxylic acids is 1. The number of carbonyl (C=O) groups is 1. The molecule has 1 aromatic rings. The van der Waals surface area contributed by atoms with Gasteiger partial charge in [0.15, 0.2) is 11.5 Å². The van der Waals surface area contributed by atoms with Crippen molar-refractivity contribution in [1.29, 1.82) is 0 Å². The van der Waals surface area contributed by atoms with Gasteiger partial charge >= 0.3 is 5.97 Å². The summed E-state index contributed by atoms with van der Waals surface area (Å²) in [4.78, 5) is 10.5. The Hall–Kier alpha value is -1.71. The summed E-state index contributed by atoms with van der Waals surface area (Å²) in [6, 6.07) is 4.61. The van der Waals surface area contributed by atoms with Gasteiger partial charge in [-0.05, 0) is 24.1 Å². The van der Waals surface area contributed by atoms with Gasteiger partial charge in [-0.1, -0.05) is 19.4 Å². The molecule has 1 rings (SSSR count). The molecule has 0 heterocycles. The van der Waals surface area contributed by atoms with Gasteiger partial charge in [0, 0.05) is 0 Å². The molecular weight excluding hydrogens is 208 g/mol. The van der Waals surface area contributed by atoms with E-state index >= 15 is 0 Å². The average molecular weight is 224 g/mol. The van der Waals surface area contributed by atoms with Crippen LogP contribution >= 0.6 is 0 Å². The Balaban J connectivity index is 2.70. The Morgan fingerprint density at radius 1 is 1.44 bits per heavy atom. The van der Waals surface area contributed by atoms with E-state index in [1.165, 1.54) is 6.07 Å². The van der Waals surface area contributed by atoms with E-state index in [-0.39, 0.29) is 12.2 Å². The second-order valence-electron chi connectivity index (χ2n) is 3.57. The summed E-state index contributed by atoms with van der Waals surface area (Å²) in [5.74, 6) is -0.498. The standard InChI is InChI=1S/C12H16O4/c1-2-3-6-16-11-7-9(8-12(14)15)4-5-10(11)13/h4-5,7,13H,2-3,6,8H2,1H3,(H,14,15). The Labute approximate surface area is 94.5 Å². The SMILES string of the molecule is CCCCOc1cc(CC(=O)O)ccc1O. The van der Waals surface area contributed by atoms with Crippen LogP contribution in [-0.4, -0.2) is 22.8 Å². The second kappa shape index (κ2) is 6.00. The highest BCUT2D eigenvalue weighted by atomic mass is 16.5. The van der Waals surface area contributed by atoms with Crippen LogP contribution in [0.15, 0.2) is 18.2 Å². The second-order valence-corrected chi connectivity index (χ2v) is 3.57. The molecule has 4 nitrogen and oxygen atoms in total. The van der Waals surface area contributed by atoms with Gasteiger partial charge in [0.1, 0.15) is 0 Å². The molecule has 4 heteroatoms. The van der Waals surface area contributed by atoms with Crippen molar-refractivity contribution in [1.82, 2.24) is 0 Å². The molecule has 0 aliphatic rings. The molecule has 0 bridgehead atoms. The van der Waals surface area contributed by atoms with E-state index in [2.05, 4.69) is 0 Å². The maximum Gasteiger partial charge on any atom is 0.307 e. The first-order chi connectivity index (χ1) is 7.63. The van der Waals surface area contributed by atoms with Gasteiger partial charge in [0.05, 0.1) is 13.0 Å². The van der Waals surface area contributed by atoms with Gasteiger partial charge in [-0.2, -0.15) is 0 Å². The molecule has 2 N–H and O–H groups in total. The largest absolute Gasteiger partial charge is 0.504 e. The molecule has 0 aliphatic carbocycles. The van der Waals surface area contributed by atoms with Crippen LogP contribution < -0.4 is 4.74 Å². The van der Waals surface area contributed by atoms with Crippen molar-refractivity contribution in [3.8, 4) is 11.5 Å². The summed E-state index contributed by atoms with van der Waals surface area (Å²) in [7, 11) is 0. The van der Waals surface area contributed by atoms with Gasteiger partial charge in [-0.3, -0.25) is 4.79 Å². The molecule has 0 saturated carbocycles. The number of carboxylic acids is 1. The lowest BCUT2D eigenvalue weighted by atomic mass is 10.1. The van der Waals surface area contributed by atoms with Gasteiger partial charge in [0.25, 0.3) is 0 Å². The lowest BCUT2D eigenvalue weighted by Crippen LogP contribution is -2.01. The summed E-state index contributed by atoms with van der Waals surface area (Å²) in [5.41, 5.74) is 0.622. The number of phenolic OH excluding ortho intramolecular Hbond substituents is 1. The number of phenols is 1. The third-order valence-corrected chi connectivity index (χ3v) is 2.14. The molecule has 1 aromatic carbocycles. The van der Waals surface area contributed by atoms with E-state index in [1.54, 1.807) is 12.1 Å². The minimum absolute atomic E-state index is 0.0465. The molecule has 88 valence electrons. The highest BCUT2D eigenvalue weighted by molar-refractivity contribution is 5.70. The zero-order valence-electron chi connectivity index (χ0n) is 9.27. The monoisotopic (exact) mass is 224 g/mol. The third-order valence-electron chi connectivity index (χ3n) is 2.14. The highest BCUT2D eigenvalue weighted by Crippen LogP contribution is 2.27. The van der Waals surface area contributed by atoms with E-state index in [4.69, 9.17) is 9.84 Å². The molecule has 0 aliphatic heterocycles. The minimum Gasteiger partial charge on any atom is -0.504 e. The van der Waals surface area contributed by atoms with Crippen molar-refractivity contribution >= 4 is 5.97 Å². The number of hydrogen-bond acceptors (Lipinski definition) is 3. The molecule has 0 unspecified atom stereocenters. The van der Waals surface area contributed by atoms with E-state index in [1.807, 2.05) is 6.92 Å². The number of carboxylic acid groups (broad SMARTS) is 1. The zero-order valence-corrected chi connectivity index (χ0v) is 9.27. The molecular formula is C12H16O4. The predicted octanol–water partition coefficient (Wildman–Crippen LogP) is 2.20. The molecule has 0 amide bonds. The van der Waals surface area contributed by atoms with Crippen molar-refractivity contribution in [3.05, 3.63) is 23.8 Å². The van der Waals surface area contributed by atoms with Crippen LogP contribution in [0.5, 0.6) is 11.5 Å². The van der Waals surface area contributed by atoms with Crippen LogP contribution in [-0.2, 0) is 11.2 Å². The van der Waals surface area contributed by atoms with Crippen LogP contribution in [0.1, 0.15) is 25.3 Å². The van der Waals surface area contributed by atoms with Gasteiger partial charge < -0.3 is 14.9 Å². The normalized spacial score (nSPS) is 10.1. The van der Waals surface area contributed by atoms with Crippen LogP contribution in [0.25, 0.3) is 0 Å². The summed E-state index contributed by atoms with van der Waals surface area (Å²) >= 11 is 0. The number of unbranched alkanes of at least 4 members (excludes halogenated alkanes) is 1. The first-order valence-corrected chi connectivity index (χ1v) is 5.30. The molecule has 0 radical (unpaired) electrons. The van der Waals surface area contributed by atoms with Crippen molar-refractivity contribution in [2.45, 2.75) is 26.2 Å². The van der Waals surface area contributed by atoms with E-state index < -0.39 is 5.97 Å². The summed E-state index contributed by atoms with van der Waals surface area (Å²) in [6.45, 7) is 2.57. The number of benzene rings is 1. The van der Waals surface area contributed by atoms with Gasteiger partial charge in [-0.15, -0.1) is 0 Å². The Morgan fingerprint density at radius 2 is 2.19 bits per heavy atom. The van der Waals surface area contributed by atoms with E-state index in [9.17, 15) is 9.90 Å². The van der Waals surface area contributed by atoms with Crippen molar-refractivity contribution in [3.63, 3.8) is 0 Å². The van der Waals surface area contributed by atoms with Crippen LogP contribution in [0.2, 0.25) is 0 Å². The molecule has 16 heavy (non-hydrogen) atoms. The Bertz CT molecular complexity index is 360. The number of hydrogen-bond donors (Lipinski definition) is 2. The highest BCUT2D eigenvalue weighted by Gasteiger charge is 2.06. The third kappa shape index (κ3) is 3.81. The Kier molecular flexibility index (Phi) is 4.64. The first-order valence-electron chi connectivity index (χ1n) is 5.30. The lowest BCUT2D eigenvalue weighted by Gasteiger charge is -2.08. The van der Waals surface area contributed by atoms with E-state index in [0.717, 1.165) is 12.8 Å². The average Bonchev–Trinajstić information content (AvgIpc) is 2.22. The minimum atomic E-state index is -0.898. The first kappa shape index (κ1) is 12.4. The van der Waals surface area contributed by atoms with Crippen LogP contribution in [0.3, 0.4) is 0 Å². The molecule has 0 spiro atoms. The lowest BCUT2D eigenvalue weighted by molar-refractivity contribution is -0.136. The predicted molar refractivity (Wildman–Crippen MR) is 59.8 cm³/mol. The molecule has 0 atom stereocenters. The van der Waals surface area contributed by atoms with Crippen molar-refractivity contribution in [2.24, 2.45) is 0 Å². The fourth-order valence-corrected chi connectivity index (χ4v) is 1.29. The molecule has 0 fully saturated rings. The van der Waals surface area contributed by atoms with Crippen LogP contribution in [0, 0.1) is 0 Å². The maximum absolute atomic E-state index is 10.5. The fraction of sp³-hybridized carbons (Fsp3) is 0.417. The van der Waals surface area contributed by atoms with E-state index in [0.29, 0.717) is 17.9 Å². The smallest absolute Gasteiger partial charge is 0.307 e. The Morgan fingerprint density at radius 3 is 2.81 bits per heavy atom. The topological polar surface area (TPSA) is 66.8 Å². The summed E-state index contributed by atoms with van der Waals surface area (Å²) < 4.78 is 5.36. The number of ether oxygens (including phenoxy) is 1. The summed E-state index contributed by atoms with van der Waals surface area (Å²) in [6.07, 6.45) is 1.85. The fourth-order valence-electron chi connectivity index (χ4n) is 1.29. The summed E-state index contributed by atoms with van der Waals surface area (Å²) in [5, 5.41) is 18.1. The molecule has 0 aromatic heterocycles.